The van der Waals surface area contributed by atoms with Crippen molar-refractivity contribution < 1.29 is 19.1 Å². The molecule has 0 spiro atoms. The fourth-order valence-corrected chi connectivity index (χ4v) is 4.08. The molecule has 156 valence electrons. The average molecular weight is 421 g/mol. The number of hydrogen-bond donors (Lipinski definition) is 1. The van der Waals surface area contributed by atoms with Crippen LogP contribution in [-0.2, 0) is 9.16 Å². The molecule has 0 radical (unpaired) electrons. The molecule has 0 heterocycles. The number of benzene rings is 1. The maximum atomic E-state index is 12.2. The quantitative estimate of drug-likeness (QED) is 0.388. The van der Waals surface area contributed by atoms with Crippen LogP contribution >= 0.6 is 0 Å². The SMILES string of the molecule is CC(C)(C)[Si](C)(C)OC(CCOC(=O)c1ccccc1)C(O)C#C[Si](C)(C)C. The van der Waals surface area contributed by atoms with Gasteiger partial charge in [-0.1, -0.05) is 64.5 Å². The summed E-state index contributed by atoms with van der Waals surface area (Å²) < 4.78 is 11.8. The molecule has 0 bridgehead atoms. The Morgan fingerprint density at radius 2 is 1.68 bits per heavy atom. The van der Waals surface area contributed by atoms with Gasteiger partial charge in [-0.2, -0.15) is 0 Å². The summed E-state index contributed by atoms with van der Waals surface area (Å²) in [6.07, 6.45) is -0.961. The number of aliphatic hydroxyl groups excluding tert-OH is 1. The molecule has 2 atom stereocenters. The normalized spacial score (nSPS) is 14.6. The van der Waals surface area contributed by atoms with Crippen molar-refractivity contribution in [2.75, 3.05) is 6.61 Å². The highest BCUT2D eigenvalue weighted by Crippen LogP contribution is 2.38. The van der Waals surface area contributed by atoms with Crippen molar-refractivity contribution in [2.24, 2.45) is 0 Å². The van der Waals surface area contributed by atoms with Gasteiger partial charge in [0.15, 0.2) is 8.32 Å². The van der Waals surface area contributed by atoms with E-state index in [1.165, 1.54) is 0 Å². The summed E-state index contributed by atoms with van der Waals surface area (Å²) in [5.74, 6) is 2.62. The predicted octanol–water partition coefficient (Wildman–Crippen LogP) is 4.87. The molecule has 0 aliphatic carbocycles. The Kier molecular flexibility index (Phi) is 8.70. The number of ether oxygens (including phenoxy) is 1. The van der Waals surface area contributed by atoms with Gasteiger partial charge < -0.3 is 14.3 Å². The second-order valence-corrected chi connectivity index (χ2v) is 19.2. The van der Waals surface area contributed by atoms with Gasteiger partial charge in [0.05, 0.1) is 18.3 Å². The van der Waals surface area contributed by atoms with Gasteiger partial charge in [0.2, 0.25) is 0 Å². The number of aliphatic hydroxyl groups is 1. The van der Waals surface area contributed by atoms with Crippen LogP contribution in [0.4, 0.5) is 0 Å². The fourth-order valence-electron chi connectivity index (χ4n) is 2.15. The third-order valence-electron chi connectivity index (χ3n) is 4.84. The largest absolute Gasteiger partial charge is 0.462 e. The zero-order valence-corrected chi connectivity index (χ0v) is 20.6. The molecule has 0 saturated carbocycles. The molecular formula is C22H36O4Si2. The molecule has 1 N–H and O–H groups in total. The van der Waals surface area contributed by atoms with Crippen LogP contribution in [0.2, 0.25) is 37.8 Å². The number of hydrogen-bond acceptors (Lipinski definition) is 4. The maximum absolute atomic E-state index is 12.2. The molecule has 4 nitrogen and oxygen atoms in total. The Labute approximate surface area is 172 Å². The Hall–Kier alpha value is -1.40. The van der Waals surface area contributed by atoms with Crippen LogP contribution in [0.25, 0.3) is 0 Å². The Morgan fingerprint density at radius 3 is 2.18 bits per heavy atom. The number of rotatable bonds is 7. The van der Waals surface area contributed by atoms with E-state index in [1.807, 2.05) is 6.07 Å². The zero-order chi connectivity index (χ0) is 21.6. The molecule has 0 aliphatic heterocycles. The minimum Gasteiger partial charge on any atom is -0.462 e. The molecule has 0 aromatic heterocycles. The van der Waals surface area contributed by atoms with E-state index in [-0.39, 0.29) is 17.6 Å². The van der Waals surface area contributed by atoms with Crippen LogP contribution in [0.3, 0.4) is 0 Å². The number of carbonyl (C=O) groups excluding carboxylic acids is 1. The molecular weight excluding hydrogens is 384 g/mol. The molecule has 0 aliphatic rings. The van der Waals surface area contributed by atoms with Gasteiger partial charge >= 0.3 is 5.97 Å². The first-order valence-electron chi connectivity index (χ1n) is 9.84. The summed E-state index contributed by atoms with van der Waals surface area (Å²) >= 11 is 0. The summed E-state index contributed by atoms with van der Waals surface area (Å²) in [7, 11) is -3.71. The zero-order valence-electron chi connectivity index (χ0n) is 18.6. The van der Waals surface area contributed by atoms with Gasteiger partial charge in [-0.3, -0.25) is 0 Å². The van der Waals surface area contributed by atoms with Crippen molar-refractivity contribution in [3.05, 3.63) is 35.9 Å². The van der Waals surface area contributed by atoms with E-state index < -0.39 is 28.6 Å². The molecule has 6 heteroatoms. The molecule has 0 amide bonds. The highest BCUT2D eigenvalue weighted by atomic mass is 28.4. The molecule has 0 saturated heterocycles. The van der Waals surface area contributed by atoms with Crippen molar-refractivity contribution >= 4 is 22.4 Å². The van der Waals surface area contributed by atoms with Gasteiger partial charge in [0, 0.05) is 6.42 Å². The van der Waals surface area contributed by atoms with E-state index >= 15 is 0 Å². The first-order chi connectivity index (χ1) is 12.7. The monoisotopic (exact) mass is 420 g/mol. The van der Waals surface area contributed by atoms with Crippen LogP contribution in [0.5, 0.6) is 0 Å². The van der Waals surface area contributed by atoms with Gasteiger partial charge in [-0.05, 0) is 30.3 Å². The van der Waals surface area contributed by atoms with Gasteiger partial charge in [-0.15, -0.1) is 5.54 Å². The Morgan fingerprint density at radius 1 is 1.11 bits per heavy atom. The minimum absolute atomic E-state index is 0.0118. The van der Waals surface area contributed by atoms with Crippen molar-refractivity contribution in [1.82, 2.24) is 0 Å². The van der Waals surface area contributed by atoms with Crippen LogP contribution in [0.15, 0.2) is 30.3 Å². The lowest BCUT2D eigenvalue weighted by atomic mass is 10.1. The predicted molar refractivity (Wildman–Crippen MR) is 121 cm³/mol. The van der Waals surface area contributed by atoms with E-state index in [0.717, 1.165) is 0 Å². The van der Waals surface area contributed by atoms with E-state index in [9.17, 15) is 9.90 Å². The average Bonchev–Trinajstić information content (AvgIpc) is 2.57. The Balaban J connectivity index is 2.85. The summed E-state index contributed by atoms with van der Waals surface area (Å²) in [5.41, 5.74) is 3.74. The van der Waals surface area contributed by atoms with E-state index in [2.05, 4.69) is 65.0 Å². The van der Waals surface area contributed by atoms with Gasteiger partial charge in [0.25, 0.3) is 0 Å². The summed E-state index contributed by atoms with van der Waals surface area (Å²) in [6, 6.07) is 8.90. The van der Waals surface area contributed by atoms with E-state index in [4.69, 9.17) is 9.16 Å². The third kappa shape index (κ3) is 8.31. The maximum Gasteiger partial charge on any atom is 0.338 e. The van der Waals surface area contributed by atoms with Crippen molar-refractivity contribution in [1.29, 1.82) is 0 Å². The van der Waals surface area contributed by atoms with Gasteiger partial charge in [0.1, 0.15) is 14.2 Å². The molecule has 28 heavy (non-hydrogen) atoms. The lowest BCUT2D eigenvalue weighted by Crippen LogP contribution is -2.47. The lowest BCUT2D eigenvalue weighted by Gasteiger charge is -2.39. The highest BCUT2D eigenvalue weighted by molar-refractivity contribution is 6.83. The molecule has 1 aromatic carbocycles. The van der Waals surface area contributed by atoms with Crippen molar-refractivity contribution in [3.8, 4) is 11.5 Å². The fraction of sp³-hybridized carbons (Fsp3) is 0.591. The van der Waals surface area contributed by atoms with Crippen molar-refractivity contribution in [2.45, 2.75) is 77.2 Å². The van der Waals surface area contributed by atoms with Crippen LogP contribution in [0, 0.1) is 11.5 Å². The molecule has 1 rings (SSSR count). The second kappa shape index (κ2) is 9.88. The van der Waals surface area contributed by atoms with Crippen LogP contribution in [0.1, 0.15) is 37.6 Å². The summed E-state index contributed by atoms with van der Waals surface area (Å²) in [5, 5.41) is 10.7. The van der Waals surface area contributed by atoms with Crippen molar-refractivity contribution in [3.63, 3.8) is 0 Å². The molecule has 1 aromatic rings. The van der Waals surface area contributed by atoms with E-state index in [0.29, 0.717) is 12.0 Å². The standard InChI is InChI=1S/C22H36O4Si2/c1-22(2,3)28(7,8)26-20(19(23)15-17-27(4,5)6)14-16-25-21(24)18-12-10-9-11-13-18/h9-13,19-20,23H,14,16H2,1-8H3. The number of esters is 1. The topological polar surface area (TPSA) is 55.8 Å². The first kappa shape index (κ1) is 24.6. The highest BCUT2D eigenvalue weighted by Gasteiger charge is 2.40. The second-order valence-electron chi connectivity index (χ2n) is 9.67. The summed E-state index contributed by atoms with van der Waals surface area (Å²) in [4.78, 5) is 12.2. The number of carbonyl (C=O) groups is 1. The van der Waals surface area contributed by atoms with Crippen LogP contribution in [-0.4, -0.2) is 46.3 Å². The molecule has 2 unspecified atom stereocenters. The van der Waals surface area contributed by atoms with Crippen LogP contribution < -0.4 is 0 Å². The summed E-state index contributed by atoms with van der Waals surface area (Å²) in [6.45, 7) is 17.4. The smallest absolute Gasteiger partial charge is 0.338 e. The molecule has 0 fully saturated rings. The van der Waals surface area contributed by atoms with E-state index in [1.54, 1.807) is 24.3 Å². The first-order valence-corrected chi connectivity index (χ1v) is 16.2. The Bertz CT molecular complexity index is 691. The lowest BCUT2D eigenvalue weighted by molar-refractivity contribution is 0.0248. The van der Waals surface area contributed by atoms with Gasteiger partial charge in [-0.25, -0.2) is 4.79 Å². The third-order valence-corrected chi connectivity index (χ3v) is 10.2. The minimum atomic E-state index is -2.10.